The van der Waals surface area contributed by atoms with E-state index < -0.39 is 0 Å². The SMILES string of the molecule is CN(C)CCCCn1c(CCCl)nc2c(F)cccc21. The Morgan fingerprint density at radius 3 is 2.80 bits per heavy atom. The van der Waals surface area contributed by atoms with E-state index in [-0.39, 0.29) is 5.82 Å². The first-order valence-electron chi connectivity index (χ1n) is 6.98. The molecular weight excluding hydrogens is 277 g/mol. The Morgan fingerprint density at radius 1 is 1.30 bits per heavy atom. The molecule has 0 saturated heterocycles. The van der Waals surface area contributed by atoms with Crippen molar-refractivity contribution in [2.75, 3.05) is 26.5 Å². The molecule has 0 spiro atoms. The monoisotopic (exact) mass is 297 g/mol. The van der Waals surface area contributed by atoms with Gasteiger partial charge in [0.05, 0.1) is 5.52 Å². The van der Waals surface area contributed by atoms with Crippen molar-refractivity contribution in [3.8, 4) is 0 Å². The van der Waals surface area contributed by atoms with E-state index in [0.717, 1.165) is 37.3 Å². The van der Waals surface area contributed by atoms with Crippen molar-refractivity contribution in [2.45, 2.75) is 25.8 Å². The van der Waals surface area contributed by atoms with E-state index in [9.17, 15) is 4.39 Å². The number of hydrogen-bond acceptors (Lipinski definition) is 2. The molecule has 0 aliphatic heterocycles. The Kier molecular flexibility index (Phi) is 5.38. The van der Waals surface area contributed by atoms with Gasteiger partial charge in [-0.05, 0) is 45.6 Å². The van der Waals surface area contributed by atoms with Gasteiger partial charge < -0.3 is 9.47 Å². The van der Waals surface area contributed by atoms with Crippen LogP contribution in [0.25, 0.3) is 11.0 Å². The minimum absolute atomic E-state index is 0.259. The summed E-state index contributed by atoms with van der Waals surface area (Å²) in [6.07, 6.45) is 2.83. The van der Waals surface area contributed by atoms with Crippen molar-refractivity contribution >= 4 is 22.6 Å². The van der Waals surface area contributed by atoms with Crippen LogP contribution in [-0.4, -0.2) is 41.0 Å². The number of imidazole rings is 1. The average molecular weight is 298 g/mol. The first kappa shape index (κ1) is 15.3. The van der Waals surface area contributed by atoms with Gasteiger partial charge in [-0.3, -0.25) is 0 Å². The lowest BCUT2D eigenvalue weighted by Crippen LogP contribution is -2.14. The van der Waals surface area contributed by atoms with Crippen LogP contribution in [0.5, 0.6) is 0 Å². The highest BCUT2D eigenvalue weighted by Gasteiger charge is 2.12. The van der Waals surface area contributed by atoms with Crippen LogP contribution in [0.3, 0.4) is 0 Å². The largest absolute Gasteiger partial charge is 0.328 e. The summed E-state index contributed by atoms with van der Waals surface area (Å²) >= 11 is 5.82. The first-order valence-corrected chi connectivity index (χ1v) is 7.51. The molecule has 2 rings (SSSR count). The smallest absolute Gasteiger partial charge is 0.151 e. The van der Waals surface area contributed by atoms with E-state index in [1.807, 2.05) is 6.07 Å². The Morgan fingerprint density at radius 2 is 2.10 bits per heavy atom. The van der Waals surface area contributed by atoms with Crippen LogP contribution in [-0.2, 0) is 13.0 Å². The molecule has 0 aliphatic carbocycles. The molecule has 0 N–H and O–H groups in total. The van der Waals surface area contributed by atoms with Gasteiger partial charge in [0.25, 0.3) is 0 Å². The number of unbranched alkanes of at least 4 members (excludes halogenated alkanes) is 1. The molecule has 20 heavy (non-hydrogen) atoms. The van der Waals surface area contributed by atoms with Crippen molar-refractivity contribution in [1.82, 2.24) is 14.5 Å². The fourth-order valence-corrected chi connectivity index (χ4v) is 2.55. The molecule has 110 valence electrons. The Balaban J connectivity index is 2.20. The molecular formula is C15H21ClFN3. The Hall–Kier alpha value is -1.13. The molecule has 2 aromatic rings. The second-order valence-corrected chi connectivity index (χ2v) is 5.61. The van der Waals surface area contributed by atoms with Crippen LogP contribution in [0, 0.1) is 5.82 Å². The Bertz CT molecular complexity index is 565. The van der Waals surface area contributed by atoms with E-state index in [1.54, 1.807) is 6.07 Å². The van der Waals surface area contributed by atoms with Gasteiger partial charge in [-0.1, -0.05) is 6.07 Å². The number of aryl methyl sites for hydroxylation is 2. The summed E-state index contributed by atoms with van der Waals surface area (Å²) in [5, 5.41) is 0. The van der Waals surface area contributed by atoms with Crippen LogP contribution in [0.4, 0.5) is 4.39 Å². The summed E-state index contributed by atoms with van der Waals surface area (Å²) in [7, 11) is 4.14. The molecule has 0 saturated carbocycles. The second kappa shape index (κ2) is 7.04. The number of halogens is 2. The highest BCUT2D eigenvalue weighted by molar-refractivity contribution is 6.17. The van der Waals surface area contributed by atoms with Gasteiger partial charge >= 0.3 is 0 Å². The molecule has 0 aliphatic rings. The lowest BCUT2D eigenvalue weighted by Gasteiger charge is -2.11. The Labute approximate surface area is 124 Å². The third-order valence-electron chi connectivity index (χ3n) is 3.36. The van der Waals surface area contributed by atoms with E-state index in [2.05, 4.69) is 28.5 Å². The highest BCUT2D eigenvalue weighted by Crippen LogP contribution is 2.20. The summed E-state index contributed by atoms with van der Waals surface area (Å²) in [5.41, 5.74) is 1.33. The molecule has 0 atom stereocenters. The molecule has 1 aromatic carbocycles. The fraction of sp³-hybridized carbons (Fsp3) is 0.533. The minimum atomic E-state index is -0.259. The van der Waals surface area contributed by atoms with Crippen molar-refractivity contribution in [2.24, 2.45) is 0 Å². The van der Waals surface area contributed by atoms with Gasteiger partial charge in [0.15, 0.2) is 5.82 Å². The van der Waals surface area contributed by atoms with Crippen LogP contribution in [0.2, 0.25) is 0 Å². The normalized spacial score (nSPS) is 11.7. The zero-order chi connectivity index (χ0) is 14.5. The number of fused-ring (bicyclic) bond motifs is 1. The number of alkyl halides is 1. The van der Waals surface area contributed by atoms with Gasteiger partial charge in [-0.2, -0.15) is 0 Å². The van der Waals surface area contributed by atoms with Gasteiger partial charge in [0.1, 0.15) is 11.3 Å². The number of para-hydroxylation sites is 1. The van der Waals surface area contributed by atoms with E-state index in [0.29, 0.717) is 17.8 Å². The average Bonchev–Trinajstić information content (AvgIpc) is 2.75. The summed E-state index contributed by atoms with van der Waals surface area (Å²) < 4.78 is 15.9. The van der Waals surface area contributed by atoms with Gasteiger partial charge in [-0.25, -0.2) is 9.37 Å². The number of nitrogens with zero attached hydrogens (tertiary/aromatic N) is 3. The molecule has 0 fully saturated rings. The maximum atomic E-state index is 13.8. The van der Waals surface area contributed by atoms with Crippen LogP contribution in [0.1, 0.15) is 18.7 Å². The molecule has 0 radical (unpaired) electrons. The number of hydrogen-bond donors (Lipinski definition) is 0. The van der Waals surface area contributed by atoms with Gasteiger partial charge in [0, 0.05) is 18.8 Å². The fourth-order valence-electron chi connectivity index (χ4n) is 2.38. The first-order chi connectivity index (χ1) is 9.63. The van der Waals surface area contributed by atoms with Crippen molar-refractivity contribution in [1.29, 1.82) is 0 Å². The zero-order valence-electron chi connectivity index (χ0n) is 12.1. The topological polar surface area (TPSA) is 21.1 Å². The van der Waals surface area contributed by atoms with Crippen molar-refractivity contribution < 1.29 is 4.39 Å². The molecule has 1 aromatic heterocycles. The second-order valence-electron chi connectivity index (χ2n) is 5.24. The summed E-state index contributed by atoms with van der Waals surface area (Å²) in [6, 6.07) is 5.12. The summed E-state index contributed by atoms with van der Waals surface area (Å²) in [4.78, 5) is 6.58. The van der Waals surface area contributed by atoms with Crippen LogP contribution < -0.4 is 0 Å². The number of rotatable bonds is 7. The molecule has 5 heteroatoms. The van der Waals surface area contributed by atoms with Gasteiger partial charge in [-0.15, -0.1) is 11.6 Å². The quantitative estimate of drug-likeness (QED) is 0.577. The van der Waals surface area contributed by atoms with Crippen molar-refractivity contribution in [3.63, 3.8) is 0 Å². The molecule has 3 nitrogen and oxygen atoms in total. The third kappa shape index (κ3) is 3.49. The number of aromatic nitrogens is 2. The molecule has 0 unspecified atom stereocenters. The summed E-state index contributed by atoms with van der Waals surface area (Å²) in [5.74, 6) is 1.12. The summed E-state index contributed by atoms with van der Waals surface area (Å²) in [6.45, 7) is 1.92. The van der Waals surface area contributed by atoms with Crippen molar-refractivity contribution in [3.05, 3.63) is 29.8 Å². The number of benzene rings is 1. The van der Waals surface area contributed by atoms with E-state index >= 15 is 0 Å². The molecule has 0 bridgehead atoms. The third-order valence-corrected chi connectivity index (χ3v) is 3.55. The van der Waals surface area contributed by atoms with E-state index in [1.165, 1.54) is 6.07 Å². The maximum absolute atomic E-state index is 13.8. The lowest BCUT2D eigenvalue weighted by molar-refractivity contribution is 0.387. The maximum Gasteiger partial charge on any atom is 0.151 e. The zero-order valence-corrected chi connectivity index (χ0v) is 12.8. The molecule has 0 amide bonds. The predicted octanol–water partition coefficient (Wildman–Crippen LogP) is 3.30. The highest BCUT2D eigenvalue weighted by atomic mass is 35.5. The minimum Gasteiger partial charge on any atom is -0.328 e. The van der Waals surface area contributed by atoms with Crippen LogP contribution >= 0.6 is 11.6 Å². The standard InChI is InChI=1S/C15H21ClFN3/c1-19(2)10-3-4-11-20-13-7-5-6-12(17)15(13)18-14(20)8-9-16/h5-7H,3-4,8-11H2,1-2H3. The van der Waals surface area contributed by atoms with Crippen LogP contribution in [0.15, 0.2) is 18.2 Å². The van der Waals surface area contributed by atoms with E-state index in [4.69, 9.17) is 11.6 Å². The molecule has 1 heterocycles. The van der Waals surface area contributed by atoms with Gasteiger partial charge in [0.2, 0.25) is 0 Å². The predicted molar refractivity (Wildman–Crippen MR) is 81.9 cm³/mol. The lowest BCUT2D eigenvalue weighted by atomic mass is 10.2.